The van der Waals surface area contributed by atoms with Crippen LogP contribution in [0.5, 0.6) is 0 Å². The molecule has 0 bridgehead atoms. The number of terminal acetylenes is 1. The van der Waals surface area contributed by atoms with Crippen molar-refractivity contribution in [1.29, 1.82) is 0 Å². The molecule has 3 heteroatoms. The van der Waals surface area contributed by atoms with Crippen molar-refractivity contribution in [3.63, 3.8) is 0 Å². The number of hydrogen-bond donors (Lipinski definition) is 0. The van der Waals surface area contributed by atoms with Gasteiger partial charge in [0.15, 0.2) is 6.61 Å². The van der Waals surface area contributed by atoms with E-state index in [-0.39, 0.29) is 12.6 Å². The third-order valence-corrected chi connectivity index (χ3v) is 2.92. The van der Waals surface area contributed by atoms with E-state index in [9.17, 15) is 4.79 Å². The van der Waals surface area contributed by atoms with Gasteiger partial charge in [-0.15, -0.1) is 6.42 Å². The van der Waals surface area contributed by atoms with E-state index in [1.165, 1.54) is 0 Å². The second kappa shape index (κ2) is 3.27. The van der Waals surface area contributed by atoms with Crippen LogP contribution in [0.1, 0.15) is 19.3 Å². The average Bonchev–Trinajstić information content (AvgIpc) is 1.95. The molecular weight excluding hydrogens is 208 g/mol. The zero-order chi connectivity index (χ0) is 8.32. The first-order valence-electron chi connectivity index (χ1n) is 3.49. The van der Waals surface area contributed by atoms with Crippen LogP contribution in [0.15, 0.2) is 0 Å². The smallest absolute Gasteiger partial charge is 0.323 e. The maximum absolute atomic E-state index is 11.1. The summed E-state index contributed by atoms with van der Waals surface area (Å²) in [5, 5.41) is 0. The average molecular weight is 217 g/mol. The first kappa shape index (κ1) is 8.61. The van der Waals surface area contributed by atoms with Crippen LogP contribution in [-0.4, -0.2) is 16.9 Å². The molecule has 1 aliphatic rings. The summed E-state index contributed by atoms with van der Waals surface area (Å²) in [6.07, 6.45) is 7.73. The van der Waals surface area contributed by atoms with Gasteiger partial charge in [-0.05, 0) is 19.3 Å². The van der Waals surface area contributed by atoms with Crippen molar-refractivity contribution >= 4 is 21.9 Å². The minimum absolute atomic E-state index is 0.0756. The molecule has 0 amide bonds. The first-order chi connectivity index (χ1) is 5.19. The second-order valence-electron chi connectivity index (χ2n) is 2.60. The number of carbonyl (C=O) groups excluding carboxylic acids is 1. The molecule has 2 nitrogen and oxygen atoms in total. The van der Waals surface area contributed by atoms with Crippen LogP contribution in [0, 0.1) is 12.3 Å². The predicted octanol–water partition coefficient (Wildman–Crippen LogP) is 1.48. The van der Waals surface area contributed by atoms with Gasteiger partial charge in [0.1, 0.15) is 4.32 Å². The van der Waals surface area contributed by atoms with Gasteiger partial charge in [-0.25, -0.2) is 0 Å². The summed E-state index contributed by atoms with van der Waals surface area (Å²) in [4.78, 5) is 11.1. The number of hydrogen-bond acceptors (Lipinski definition) is 2. The van der Waals surface area contributed by atoms with Gasteiger partial charge in [0.2, 0.25) is 0 Å². The third kappa shape index (κ3) is 1.75. The molecular formula is C8H9BrO2. The fourth-order valence-corrected chi connectivity index (χ4v) is 1.60. The normalized spacial score (nSPS) is 19.6. The molecule has 0 N–H and O–H groups in total. The quantitative estimate of drug-likeness (QED) is 0.398. The van der Waals surface area contributed by atoms with E-state index in [2.05, 4.69) is 21.9 Å². The summed E-state index contributed by atoms with van der Waals surface area (Å²) >= 11 is 3.32. The highest BCUT2D eigenvalue weighted by Gasteiger charge is 2.42. The monoisotopic (exact) mass is 216 g/mol. The van der Waals surface area contributed by atoms with Crippen LogP contribution < -0.4 is 0 Å². The molecule has 0 aromatic rings. The zero-order valence-electron chi connectivity index (χ0n) is 6.10. The van der Waals surface area contributed by atoms with Crippen molar-refractivity contribution in [2.75, 3.05) is 6.61 Å². The van der Waals surface area contributed by atoms with Crippen LogP contribution >= 0.6 is 15.9 Å². The van der Waals surface area contributed by atoms with Crippen LogP contribution in [0.25, 0.3) is 0 Å². The summed E-state index contributed by atoms with van der Waals surface area (Å²) in [6, 6.07) is 0. The van der Waals surface area contributed by atoms with Crippen molar-refractivity contribution in [1.82, 2.24) is 0 Å². The third-order valence-electron chi connectivity index (χ3n) is 1.80. The SMILES string of the molecule is C#CCOC(=O)C1(Br)CCC1. The summed E-state index contributed by atoms with van der Waals surface area (Å²) in [5.41, 5.74) is 0. The Morgan fingerprint density at radius 3 is 2.73 bits per heavy atom. The highest BCUT2D eigenvalue weighted by Crippen LogP contribution is 2.40. The Kier molecular flexibility index (Phi) is 2.56. The lowest BCUT2D eigenvalue weighted by Crippen LogP contribution is -2.40. The van der Waals surface area contributed by atoms with E-state index >= 15 is 0 Å². The molecule has 0 aliphatic heterocycles. The van der Waals surface area contributed by atoms with Crippen molar-refractivity contribution in [2.45, 2.75) is 23.6 Å². The molecule has 0 spiro atoms. The summed E-state index contributed by atoms with van der Waals surface area (Å²) in [7, 11) is 0. The van der Waals surface area contributed by atoms with Crippen molar-refractivity contribution < 1.29 is 9.53 Å². The molecule has 0 saturated heterocycles. The molecule has 0 atom stereocenters. The zero-order valence-corrected chi connectivity index (χ0v) is 7.69. The van der Waals surface area contributed by atoms with E-state index in [0.717, 1.165) is 19.3 Å². The fraction of sp³-hybridized carbons (Fsp3) is 0.625. The van der Waals surface area contributed by atoms with Crippen LogP contribution in [0.2, 0.25) is 0 Å². The van der Waals surface area contributed by atoms with Gasteiger partial charge in [0.05, 0.1) is 0 Å². The maximum Gasteiger partial charge on any atom is 0.323 e. The second-order valence-corrected chi connectivity index (χ2v) is 4.12. The van der Waals surface area contributed by atoms with Gasteiger partial charge in [-0.3, -0.25) is 4.79 Å². The number of rotatable bonds is 2. The minimum Gasteiger partial charge on any atom is -0.451 e. The number of alkyl halides is 1. The first-order valence-corrected chi connectivity index (χ1v) is 4.28. The van der Waals surface area contributed by atoms with Gasteiger partial charge in [0, 0.05) is 0 Å². The lowest BCUT2D eigenvalue weighted by atomic mass is 9.85. The van der Waals surface area contributed by atoms with E-state index < -0.39 is 4.32 Å². The predicted molar refractivity (Wildman–Crippen MR) is 45.3 cm³/mol. The molecule has 0 heterocycles. The Balaban J connectivity index is 2.36. The molecule has 1 aliphatic carbocycles. The Morgan fingerprint density at radius 1 is 1.73 bits per heavy atom. The number of carbonyl (C=O) groups is 1. The fourth-order valence-electron chi connectivity index (χ4n) is 0.928. The molecule has 1 fully saturated rings. The topological polar surface area (TPSA) is 26.3 Å². The Labute approximate surface area is 74.4 Å². The van der Waals surface area contributed by atoms with E-state index in [1.54, 1.807) is 0 Å². The van der Waals surface area contributed by atoms with Gasteiger partial charge in [0.25, 0.3) is 0 Å². The molecule has 1 rings (SSSR count). The standard InChI is InChI=1S/C8H9BrO2/c1-2-6-11-7(10)8(9)4-3-5-8/h1H,3-6H2. The number of halogens is 1. The Bertz CT molecular complexity index is 201. The lowest BCUT2D eigenvalue weighted by Gasteiger charge is -2.32. The summed E-state index contributed by atoms with van der Waals surface area (Å²) in [5.74, 6) is 2.03. The van der Waals surface area contributed by atoms with Crippen molar-refractivity contribution in [2.24, 2.45) is 0 Å². The van der Waals surface area contributed by atoms with E-state index in [0.29, 0.717) is 0 Å². The minimum atomic E-state index is -0.413. The Hall–Kier alpha value is -0.490. The maximum atomic E-state index is 11.1. The summed E-state index contributed by atoms with van der Waals surface area (Å²) < 4.78 is 4.36. The van der Waals surface area contributed by atoms with Gasteiger partial charge in [-0.1, -0.05) is 21.9 Å². The molecule has 0 unspecified atom stereocenters. The van der Waals surface area contributed by atoms with Gasteiger partial charge >= 0.3 is 5.97 Å². The van der Waals surface area contributed by atoms with Crippen LogP contribution in [0.3, 0.4) is 0 Å². The van der Waals surface area contributed by atoms with E-state index in [4.69, 9.17) is 11.2 Å². The van der Waals surface area contributed by atoms with E-state index in [1.807, 2.05) is 0 Å². The Morgan fingerprint density at radius 2 is 2.36 bits per heavy atom. The van der Waals surface area contributed by atoms with Crippen LogP contribution in [0.4, 0.5) is 0 Å². The lowest BCUT2D eigenvalue weighted by molar-refractivity contribution is -0.147. The molecule has 0 aromatic heterocycles. The van der Waals surface area contributed by atoms with Crippen molar-refractivity contribution in [3.05, 3.63) is 0 Å². The van der Waals surface area contributed by atoms with Gasteiger partial charge in [-0.2, -0.15) is 0 Å². The number of ether oxygens (including phenoxy) is 1. The van der Waals surface area contributed by atoms with Gasteiger partial charge < -0.3 is 4.74 Å². The van der Waals surface area contributed by atoms with Crippen molar-refractivity contribution in [3.8, 4) is 12.3 Å². The molecule has 0 radical (unpaired) electrons. The molecule has 60 valence electrons. The molecule has 0 aromatic carbocycles. The largest absolute Gasteiger partial charge is 0.451 e. The number of esters is 1. The highest BCUT2D eigenvalue weighted by atomic mass is 79.9. The summed E-state index contributed by atoms with van der Waals surface area (Å²) in [6.45, 7) is 0.0756. The highest BCUT2D eigenvalue weighted by molar-refractivity contribution is 9.10. The molecule has 1 saturated carbocycles. The van der Waals surface area contributed by atoms with Crippen LogP contribution in [-0.2, 0) is 9.53 Å². The molecule has 11 heavy (non-hydrogen) atoms.